The highest BCUT2D eigenvalue weighted by molar-refractivity contribution is 7.84. The molecule has 3 atom stereocenters. The van der Waals surface area contributed by atoms with Crippen molar-refractivity contribution in [3.05, 3.63) is 29.8 Å². The molecule has 6 nitrogen and oxygen atoms in total. The lowest BCUT2D eigenvalue weighted by Crippen LogP contribution is -2.22. The van der Waals surface area contributed by atoms with Gasteiger partial charge >= 0.3 is 10.3 Å². The van der Waals surface area contributed by atoms with Gasteiger partial charge in [-0.05, 0) is 19.4 Å². The van der Waals surface area contributed by atoms with Crippen LogP contribution in [0.4, 0.5) is 5.69 Å². The lowest BCUT2D eigenvalue weighted by Gasteiger charge is -2.19. The SMILES string of the molecule is CC1C[C@@H](COS(N)(=O)=O)[C@H](c2ccccc2N)O1. The van der Waals surface area contributed by atoms with Gasteiger partial charge in [0.25, 0.3) is 0 Å². The van der Waals surface area contributed by atoms with E-state index in [1.165, 1.54) is 0 Å². The zero-order valence-corrected chi connectivity index (χ0v) is 11.5. The Morgan fingerprint density at radius 2 is 2.11 bits per heavy atom. The second-order valence-corrected chi connectivity index (χ2v) is 5.99. The van der Waals surface area contributed by atoms with Crippen LogP contribution in [-0.4, -0.2) is 21.1 Å². The van der Waals surface area contributed by atoms with Gasteiger partial charge in [0.05, 0.1) is 18.8 Å². The molecule has 0 saturated carbocycles. The van der Waals surface area contributed by atoms with E-state index in [1.807, 2.05) is 25.1 Å². The Kier molecular flexibility index (Phi) is 4.10. The fourth-order valence-electron chi connectivity index (χ4n) is 2.40. The average molecular weight is 286 g/mol. The Labute approximate surface area is 112 Å². The lowest BCUT2D eigenvalue weighted by molar-refractivity contribution is 0.0369. The quantitative estimate of drug-likeness (QED) is 0.802. The average Bonchev–Trinajstić information content (AvgIpc) is 2.67. The number of rotatable bonds is 4. The summed E-state index contributed by atoms with van der Waals surface area (Å²) >= 11 is 0. The molecule has 19 heavy (non-hydrogen) atoms. The first kappa shape index (κ1) is 14.3. The minimum Gasteiger partial charge on any atom is -0.398 e. The van der Waals surface area contributed by atoms with Gasteiger partial charge in [-0.3, -0.25) is 4.18 Å². The topological polar surface area (TPSA) is 105 Å². The monoisotopic (exact) mass is 286 g/mol. The zero-order valence-electron chi connectivity index (χ0n) is 10.7. The molecule has 7 heteroatoms. The summed E-state index contributed by atoms with van der Waals surface area (Å²) in [5.74, 6) is -0.0852. The van der Waals surface area contributed by atoms with Gasteiger partial charge in [0.1, 0.15) is 0 Å². The minimum atomic E-state index is -3.93. The van der Waals surface area contributed by atoms with E-state index in [4.69, 9.17) is 15.6 Å². The number of para-hydroxylation sites is 1. The van der Waals surface area contributed by atoms with Crippen molar-refractivity contribution in [3.63, 3.8) is 0 Å². The Hall–Kier alpha value is -1.15. The molecule has 1 aromatic carbocycles. The van der Waals surface area contributed by atoms with Gasteiger partial charge in [-0.25, -0.2) is 5.14 Å². The van der Waals surface area contributed by atoms with E-state index >= 15 is 0 Å². The lowest BCUT2D eigenvalue weighted by atomic mass is 9.94. The fraction of sp³-hybridized carbons (Fsp3) is 0.500. The summed E-state index contributed by atoms with van der Waals surface area (Å²) in [7, 11) is -3.93. The van der Waals surface area contributed by atoms with Crippen LogP contribution in [0.3, 0.4) is 0 Å². The Morgan fingerprint density at radius 3 is 2.74 bits per heavy atom. The maximum Gasteiger partial charge on any atom is 0.333 e. The molecule has 106 valence electrons. The molecule has 1 heterocycles. The molecule has 1 aliphatic heterocycles. The van der Waals surface area contributed by atoms with E-state index < -0.39 is 10.3 Å². The predicted octanol–water partition coefficient (Wildman–Crippen LogP) is 0.955. The number of anilines is 1. The maximum absolute atomic E-state index is 10.9. The highest BCUT2D eigenvalue weighted by Crippen LogP contribution is 2.40. The van der Waals surface area contributed by atoms with Crippen molar-refractivity contribution in [1.29, 1.82) is 0 Å². The fourth-order valence-corrected chi connectivity index (χ4v) is 2.77. The van der Waals surface area contributed by atoms with Crippen LogP contribution in [-0.2, 0) is 19.2 Å². The van der Waals surface area contributed by atoms with Crippen LogP contribution >= 0.6 is 0 Å². The maximum atomic E-state index is 10.9. The van der Waals surface area contributed by atoms with Crippen LogP contribution in [0.1, 0.15) is 25.0 Å². The molecule has 0 aromatic heterocycles. The molecule has 0 spiro atoms. The summed E-state index contributed by atoms with van der Waals surface area (Å²) in [6.45, 7) is 1.94. The third-order valence-electron chi connectivity index (χ3n) is 3.19. The van der Waals surface area contributed by atoms with Crippen LogP contribution < -0.4 is 10.9 Å². The Balaban J connectivity index is 2.16. The Morgan fingerprint density at radius 1 is 1.42 bits per heavy atom. The standard InChI is InChI=1S/C12H18N2O4S/c1-8-6-9(7-17-19(14,15)16)12(18-8)10-4-2-3-5-11(10)13/h2-5,8-9,12H,6-7,13H2,1H3,(H2,14,15,16)/t8?,9-,12+/m0/s1. The van der Waals surface area contributed by atoms with Gasteiger partial charge in [0.2, 0.25) is 0 Å². The van der Waals surface area contributed by atoms with Crippen molar-refractivity contribution in [1.82, 2.24) is 0 Å². The predicted molar refractivity (Wildman–Crippen MR) is 71.3 cm³/mol. The number of hydrogen-bond donors (Lipinski definition) is 2. The molecule has 1 saturated heterocycles. The smallest absolute Gasteiger partial charge is 0.333 e. The van der Waals surface area contributed by atoms with Crippen molar-refractivity contribution in [3.8, 4) is 0 Å². The molecule has 1 aromatic rings. The van der Waals surface area contributed by atoms with Crippen LogP contribution in [0, 0.1) is 5.92 Å². The van der Waals surface area contributed by atoms with E-state index in [2.05, 4.69) is 4.18 Å². The number of ether oxygens (including phenoxy) is 1. The number of nitrogens with two attached hydrogens (primary N) is 2. The highest BCUT2D eigenvalue weighted by atomic mass is 32.2. The molecule has 1 aliphatic rings. The van der Waals surface area contributed by atoms with Gasteiger partial charge in [0, 0.05) is 17.2 Å². The summed E-state index contributed by atoms with van der Waals surface area (Å²) < 4.78 is 32.2. The Bertz CT molecular complexity index is 546. The van der Waals surface area contributed by atoms with Crippen LogP contribution in [0.15, 0.2) is 24.3 Å². The van der Waals surface area contributed by atoms with Crippen molar-refractivity contribution in [2.24, 2.45) is 11.1 Å². The van der Waals surface area contributed by atoms with Crippen LogP contribution in [0.2, 0.25) is 0 Å². The molecule has 0 aliphatic carbocycles. The van der Waals surface area contributed by atoms with Crippen molar-refractivity contribution >= 4 is 16.0 Å². The van der Waals surface area contributed by atoms with E-state index in [-0.39, 0.29) is 24.7 Å². The van der Waals surface area contributed by atoms with Gasteiger partial charge in [0.15, 0.2) is 0 Å². The molecular weight excluding hydrogens is 268 g/mol. The molecule has 0 bridgehead atoms. The second kappa shape index (κ2) is 5.46. The van der Waals surface area contributed by atoms with Gasteiger partial charge < -0.3 is 10.5 Å². The first-order valence-corrected chi connectivity index (χ1v) is 7.51. The van der Waals surface area contributed by atoms with Gasteiger partial charge in [-0.1, -0.05) is 18.2 Å². The second-order valence-electron chi connectivity index (χ2n) is 4.77. The van der Waals surface area contributed by atoms with E-state index in [9.17, 15) is 8.42 Å². The molecule has 2 rings (SSSR count). The summed E-state index contributed by atoms with van der Waals surface area (Å²) in [5, 5.41) is 4.85. The molecule has 0 amide bonds. The molecule has 4 N–H and O–H groups in total. The third kappa shape index (κ3) is 3.66. The van der Waals surface area contributed by atoms with Crippen molar-refractivity contribution < 1.29 is 17.3 Å². The molecule has 1 fully saturated rings. The molecule has 0 radical (unpaired) electrons. The van der Waals surface area contributed by atoms with Gasteiger partial charge in [-0.2, -0.15) is 8.42 Å². The highest BCUT2D eigenvalue weighted by Gasteiger charge is 2.35. The van der Waals surface area contributed by atoms with Crippen molar-refractivity contribution in [2.75, 3.05) is 12.3 Å². The first-order valence-electron chi connectivity index (χ1n) is 6.04. The number of hydrogen-bond acceptors (Lipinski definition) is 5. The largest absolute Gasteiger partial charge is 0.398 e. The van der Waals surface area contributed by atoms with E-state index in [0.29, 0.717) is 12.1 Å². The number of benzene rings is 1. The summed E-state index contributed by atoms with van der Waals surface area (Å²) in [6, 6.07) is 7.38. The molecule has 1 unspecified atom stereocenters. The third-order valence-corrected chi connectivity index (χ3v) is 3.66. The van der Waals surface area contributed by atoms with Crippen LogP contribution in [0.5, 0.6) is 0 Å². The summed E-state index contributed by atoms with van der Waals surface area (Å²) in [4.78, 5) is 0. The molecular formula is C12H18N2O4S. The summed E-state index contributed by atoms with van der Waals surface area (Å²) in [5.41, 5.74) is 7.41. The first-order chi connectivity index (χ1) is 8.87. The van der Waals surface area contributed by atoms with E-state index in [1.54, 1.807) is 6.07 Å². The normalized spacial score (nSPS) is 27.6. The minimum absolute atomic E-state index is 0.00216. The van der Waals surface area contributed by atoms with Crippen LogP contribution in [0.25, 0.3) is 0 Å². The van der Waals surface area contributed by atoms with Gasteiger partial charge in [-0.15, -0.1) is 0 Å². The summed E-state index contributed by atoms with van der Waals surface area (Å²) in [6.07, 6.45) is 0.464. The number of nitrogen functional groups attached to an aromatic ring is 1. The zero-order chi connectivity index (χ0) is 14.0. The van der Waals surface area contributed by atoms with Crippen molar-refractivity contribution in [2.45, 2.75) is 25.6 Å². The van der Waals surface area contributed by atoms with E-state index in [0.717, 1.165) is 5.56 Å².